The second kappa shape index (κ2) is 13.8. The Labute approximate surface area is 276 Å². The van der Waals surface area contributed by atoms with E-state index in [9.17, 15) is 4.79 Å². The Bertz CT molecular complexity index is 1860. The third-order valence-electron chi connectivity index (χ3n) is 8.22. The number of carbonyl (C=O) groups is 1. The number of hydrogen-bond donors (Lipinski definition) is 0. The molecule has 3 aromatic carbocycles. The van der Waals surface area contributed by atoms with Gasteiger partial charge in [-0.2, -0.15) is 0 Å². The predicted molar refractivity (Wildman–Crippen MR) is 183 cm³/mol. The summed E-state index contributed by atoms with van der Waals surface area (Å²) in [7, 11) is 0. The van der Waals surface area contributed by atoms with Gasteiger partial charge in [0.25, 0.3) is 5.91 Å². The molecular weight excluding hydrogens is 611 g/mol. The smallest absolute Gasteiger partial charge is 0.273 e. The van der Waals surface area contributed by atoms with Crippen LogP contribution in [-0.4, -0.2) is 66.6 Å². The molecule has 1 fully saturated rings. The van der Waals surface area contributed by atoms with Gasteiger partial charge in [0, 0.05) is 49.5 Å². The molecule has 0 radical (unpaired) electrons. The lowest BCUT2D eigenvalue weighted by Gasteiger charge is -2.39. The molecule has 4 heterocycles. The molecule has 0 unspecified atom stereocenters. The quantitative estimate of drug-likeness (QED) is 0.158. The summed E-state index contributed by atoms with van der Waals surface area (Å²) in [6.45, 7) is 4.99. The van der Waals surface area contributed by atoms with E-state index >= 15 is 0 Å². The van der Waals surface area contributed by atoms with Gasteiger partial charge in [0.15, 0.2) is 11.0 Å². The molecule has 0 N–H and O–H groups in total. The largest absolute Gasteiger partial charge is 0.335 e. The van der Waals surface area contributed by atoms with E-state index in [0.29, 0.717) is 24.5 Å². The monoisotopic (exact) mass is 643 g/mol. The average molecular weight is 644 g/mol. The number of amides is 1. The number of piperazine rings is 1. The number of benzene rings is 3. The van der Waals surface area contributed by atoms with Crippen LogP contribution >= 0.6 is 23.1 Å². The van der Waals surface area contributed by atoms with Crippen molar-refractivity contribution in [1.82, 2.24) is 34.5 Å². The van der Waals surface area contributed by atoms with Crippen molar-refractivity contribution >= 4 is 29.0 Å². The minimum absolute atomic E-state index is 0.00817. The molecule has 0 aliphatic carbocycles. The molecule has 1 amide bonds. The molecular formula is C36H33N7OS2. The number of nitrogens with zero attached hydrogens (tertiary/aromatic N) is 7. The predicted octanol–water partition coefficient (Wildman–Crippen LogP) is 6.93. The van der Waals surface area contributed by atoms with Gasteiger partial charge in [0.05, 0.1) is 17.5 Å². The van der Waals surface area contributed by atoms with E-state index in [0.717, 1.165) is 45.9 Å². The minimum atomic E-state index is -0.00817. The van der Waals surface area contributed by atoms with Gasteiger partial charge in [-0.3, -0.25) is 19.2 Å². The molecule has 230 valence electrons. The summed E-state index contributed by atoms with van der Waals surface area (Å²) >= 11 is 3.08. The number of pyridine rings is 1. The maximum absolute atomic E-state index is 13.6. The van der Waals surface area contributed by atoms with Crippen LogP contribution in [0.1, 0.15) is 38.2 Å². The fraction of sp³-hybridized carbons (Fsp3) is 0.194. The van der Waals surface area contributed by atoms with E-state index in [4.69, 9.17) is 4.98 Å². The van der Waals surface area contributed by atoms with Crippen molar-refractivity contribution in [3.8, 4) is 17.1 Å². The fourth-order valence-corrected chi connectivity index (χ4v) is 7.65. The lowest BCUT2D eigenvalue weighted by atomic mass is 9.96. The van der Waals surface area contributed by atoms with Crippen molar-refractivity contribution in [2.24, 2.45) is 0 Å². The van der Waals surface area contributed by atoms with Crippen LogP contribution in [0.5, 0.6) is 0 Å². The maximum Gasteiger partial charge on any atom is 0.273 e. The van der Waals surface area contributed by atoms with Crippen molar-refractivity contribution in [1.29, 1.82) is 0 Å². The average Bonchev–Trinajstić information content (AvgIpc) is 3.77. The first-order valence-electron chi connectivity index (χ1n) is 15.3. The summed E-state index contributed by atoms with van der Waals surface area (Å²) in [6, 6.07) is 33.5. The van der Waals surface area contributed by atoms with E-state index < -0.39 is 0 Å². The maximum atomic E-state index is 13.6. The summed E-state index contributed by atoms with van der Waals surface area (Å²) in [4.78, 5) is 26.9. The Morgan fingerprint density at radius 1 is 0.826 bits per heavy atom. The summed E-state index contributed by atoms with van der Waals surface area (Å²) in [5.41, 5.74) is 6.13. The molecule has 1 aliphatic rings. The fourth-order valence-electron chi connectivity index (χ4n) is 5.91. The molecule has 0 saturated carbocycles. The Kier molecular flexibility index (Phi) is 9.00. The number of rotatable bonds is 9. The van der Waals surface area contributed by atoms with E-state index in [-0.39, 0.29) is 11.9 Å². The zero-order valence-electron chi connectivity index (χ0n) is 25.4. The van der Waals surface area contributed by atoms with Crippen molar-refractivity contribution in [3.05, 3.63) is 142 Å². The van der Waals surface area contributed by atoms with Crippen LogP contribution in [0, 0.1) is 6.92 Å². The van der Waals surface area contributed by atoms with Gasteiger partial charge in [0.1, 0.15) is 10.7 Å². The number of aryl methyl sites for hydroxylation is 1. The summed E-state index contributed by atoms with van der Waals surface area (Å²) in [5.74, 6) is 1.34. The van der Waals surface area contributed by atoms with Crippen LogP contribution in [0.25, 0.3) is 17.1 Å². The Morgan fingerprint density at radius 3 is 2.15 bits per heavy atom. The van der Waals surface area contributed by atoms with E-state index in [1.165, 1.54) is 22.5 Å². The number of hydrogen-bond acceptors (Lipinski definition) is 8. The molecule has 10 heteroatoms. The standard InChI is InChI=1S/C36H33N7OS2/c1-26-10-8-9-15-31(26)43-34(29-16-18-37-19-17-29)39-40-36(43)46-25-32-38-30(24-45-32)35(44)42-22-20-41(21-23-42)33(27-11-4-2-5-12-27)28-13-6-3-7-14-28/h2-19,24,33H,20-23,25H2,1H3. The Hall–Kier alpha value is -4.64. The molecule has 7 rings (SSSR count). The van der Waals surface area contributed by atoms with Gasteiger partial charge in [-0.05, 0) is 41.8 Å². The van der Waals surface area contributed by atoms with Gasteiger partial charge in [-0.15, -0.1) is 21.5 Å². The highest BCUT2D eigenvalue weighted by atomic mass is 32.2. The Morgan fingerprint density at radius 2 is 1.48 bits per heavy atom. The number of thiazole rings is 1. The highest BCUT2D eigenvalue weighted by Gasteiger charge is 2.29. The van der Waals surface area contributed by atoms with E-state index in [1.54, 1.807) is 24.2 Å². The van der Waals surface area contributed by atoms with Gasteiger partial charge in [-0.1, -0.05) is 90.6 Å². The third-order valence-corrected chi connectivity index (χ3v) is 10.2. The number of thioether (sulfide) groups is 1. The molecule has 46 heavy (non-hydrogen) atoms. The van der Waals surface area contributed by atoms with Gasteiger partial charge < -0.3 is 4.90 Å². The van der Waals surface area contributed by atoms with Gasteiger partial charge in [-0.25, -0.2) is 4.98 Å². The second-order valence-electron chi connectivity index (χ2n) is 11.1. The van der Waals surface area contributed by atoms with Crippen LogP contribution in [0.15, 0.2) is 120 Å². The highest BCUT2D eigenvalue weighted by Crippen LogP contribution is 2.32. The second-order valence-corrected chi connectivity index (χ2v) is 13.0. The molecule has 0 spiro atoms. The SMILES string of the molecule is Cc1ccccc1-n1c(SCc2nc(C(=O)N3CCN(C(c4ccccc4)c4ccccc4)CC3)cs2)nnc1-c1ccncc1. The lowest BCUT2D eigenvalue weighted by molar-refractivity contribution is 0.0592. The van der Waals surface area contributed by atoms with Crippen LogP contribution < -0.4 is 0 Å². The van der Waals surface area contributed by atoms with Crippen molar-refractivity contribution in [3.63, 3.8) is 0 Å². The molecule has 0 bridgehead atoms. The highest BCUT2D eigenvalue weighted by molar-refractivity contribution is 7.98. The van der Waals surface area contributed by atoms with Gasteiger partial charge >= 0.3 is 0 Å². The zero-order valence-corrected chi connectivity index (χ0v) is 27.1. The topological polar surface area (TPSA) is 80.0 Å². The van der Waals surface area contributed by atoms with Gasteiger partial charge in [0.2, 0.25) is 0 Å². The van der Waals surface area contributed by atoms with Crippen molar-refractivity contribution in [2.75, 3.05) is 26.2 Å². The molecule has 3 aromatic heterocycles. The van der Waals surface area contributed by atoms with Crippen LogP contribution in [-0.2, 0) is 5.75 Å². The minimum Gasteiger partial charge on any atom is -0.335 e. The van der Waals surface area contributed by atoms with Crippen LogP contribution in [0.2, 0.25) is 0 Å². The van der Waals surface area contributed by atoms with Crippen LogP contribution in [0.4, 0.5) is 0 Å². The lowest BCUT2D eigenvalue weighted by Crippen LogP contribution is -2.50. The summed E-state index contributed by atoms with van der Waals surface area (Å²) in [5, 5.41) is 12.6. The Balaban J connectivity index is 1.03. The van der Waals surface area contributed by atoms with E-state index in [1.807, 2.05) is 34.5 Å². The first-order chi connectivity index (χ1) is 22.7. The first-order valence-corrected chi connectivity index (χ1v) is 17.1. The number of para-hydroxylation sites is 1. The molecule has 0 atom stereocenters. The molecule has 1 saturated heterocycles. The molecule has 6 aromatic rings. The van der Waals surface area contributed by atoms with Crippen molar-refractivity contribution < 1.29 is 4.79 Å². The number of carbonyl (C=O) groups excluding carboxylic acids is 1. The molecule has 1 aliphatic heterocycles. The molecule has 8 nitrogen and oxygen atoms in total. The normalized spacial score (nSPS) is 13.7. The van der Waals surface area contributed by atoms with E-state index in [2.05, 4.69) is 104 Å². The third kappa shape index (κ3) is 6.37. The first kappa shape index (κ1) is 30.0. The summed E-state index contributed by atoms with van der Waals surface area (Å²) in [6.07, 6.45) is 3.52. The van der Waals surface area contributed by atoms with Crippen LogP contribution in [0.3, 0.4) is 0 Å². The van der Waals surface area contributed by atoms with Crippen molar-refractivity contribution in [2.45, 2.75) is 23.9 Å². The number of aromatic nitrogens is 5. The zero-order chi connectivity index (χ0) is 31.3. The summed E-state index contributed by atoms with van der Waals surface area (Å²) < 4.78 is 2.09.